The minimum atomic E-state index is -0.0445. The molecular formula is C9H14O3. The molecule has 0 radical (unpaired) electrons. The Morgan fingerprint density at radius 1 is 1.50 bits per heavy atom. The molecule has 1 heterocycles. The average molecular weight is 170 g/mol. The van der Waals surface area contributed by atoms with E-state index >= 15 is 0 Å². The highest BCUT2D eigenvalue weighted by molar-refractivity contribution is 5.70. The molecule has 68 valence electrons. The first-order valence-electron chi connectivity index (χ1n) is 4.56. The van der Waals surface area contributed by atoms with Crippen LogP contribution in [0.1, 0.15) is 13.3 Å². The van der Waals surface area contributed by atoms with Gasteiger partial charge in [-0.2, -0.15) is 0 Å². The van der Waals surface area contributed by atoms with Gasteiger partial charge in [0.2, 0.25) is 0 Å². The molecule has 2 aliphatic rings. The summed E-state index contributed by atoms with van der Waals surface area (Å²) in [6, 6.07) is 0. The molecule has 2 rings (SSSR count). The smallest absolute Gasteiger partial charge is 0.306 e. The summed E-state index contributed by atoms with van der Waals surface area (Å²) in [5, 5.41) is 0. The van der Waals surface area contributed by atoms with E-state index in [0.29, 0.717) is 30.8 Å². The lowest BCUT2D eigenvalue weighted by molar-refractivity contribution is -0.143. The van der Waals surface area contributed by atoms with Crippen molar-refractivity contribution >= 4 is 5.97 Å². The van der Waals surface area contributed by atoms with Crippen LogP contribution in [0.15, 0.2) is 0 Å². The Bertz CT molecular complexity index is 180. The molecule has 0 amide bonds. The Balaban J connectivity index is 1.72. The Morgan fingerprint density at radius 3 is 2.75 bits per heavy atom. The van der Waals surface area contributed by atoms with Crippen LogP contribution in [-0.4, -0.2) is 25.8 Å². The topological polar surface area (TPSA) is 35.5 Å². The van der Waals surface area contributed by atoms with E-state index in [1.807, 2.05) is 6.92 Å². The summed E-state index contributed by atoms with van der Waals surface area (Å²) in [6.45, 7) is 4.05. The van der Waals surface area contributed by atoms with E-state index in [-0.39, 0.29) is 5.97 Å². The van der Waals surface area contributed by atoms with Gasteiger partial charge in [0.1, 0.15) is 0 Å². The zero-order valence-corrected chi connectivity index (χ0v) is 7.29. The molecule has 0 bridgehead atoms. The van der Waals surface area contributed by atoms with Crippen LogP contribution in [0.3, 0.4) is 0 Å². The number of ether oxygens (including phenoxy) is 2. The van der Waals surface area contributed by atoms with Crippen molar-refractivity contribution in [2.45, 2.75) is 13.3 Å². The number of esters is 1. The minimum Gasteiger partial charge on any atom is -0.466 e. The van der Waals surface area contributed by atoms with E-state index in [2.05, 4.69) is 0 Å². The van der Waals surface area contributed by atoms with Crippen LogP contribution in [0.4, 0.5) is 0 Å². The largest absolute Gasteiger partial charge is 0.466 e. The van der Waals surface area contributed by atoms with Crippen LogP contribution in [0.25, 0.3) is 0 Å². The Kier molecular flexibility index (Phi) is 2.05. The van der Waals surface area contributed by atoms with Crippen LogP contribution < -0.4 is 0 Å². The van der Waals surface area contributed by atoms with Crippen LogP contribution >= 0.6 is 0 Å². The molecule has 0 aromatic heterocycles. The summed E-state index contributed by atoms with van der Waals surface area (Å²) in [5.41, 5.74) is 0. The van der Waals surface area contributed by atoms with Crippen molar-refractivity contribution in [1.29, 1.82) is 0 Å². The number of carbonyl (C=O) groups excluding carboxylic acids is 1. The zero-order valence-electron chi connectivity index (χ0n) is 7.29. The first-order valence-corrected chi connectivity index (χ1v) is 4.56. The van der Waals surface area contributed by atoms with Gasteiger partial charge in [0.05, 0.1) is 19.8 Å². The lowest BCUT2D eigenvalue weighted by atomic mass is 10.2. The summed E-state index contributed by atoms with van der Waals surface area (Å²) in [5.74, 6) is 1.85. The summed E-state index contributed by atoms with van der Waals surface area (Å²) in [6.07, 6.45) is 0.604. The lowest BCUT2D eigenvalue weighted by Crippen LogP contribution is -2.08. The third-order valence-electron chi connectivity index (χ3n) is 2.84. The third kappa shape index (κ3) is 1.33. The molecule has 2 fully saturated rings. The fourth-order valence-corrected chi connectivity index (χ4v) is 2.07. The maximum atomic E-state index is 11.1. The van der Waals surface area contributed by atoms with Crippen molar-refractivity contribution in [3.05, 3.63) is 0 Å². The molecule has 3 heteroatoms. The van der Waals surface area contributed by atoms with Gasteiger partial charge in [-0.1, -0.05) is 0 Å². The van der Waals surface area contributed by atoms with Crippen LogP contribution in [0.5, 0.6) is 0 Å². The van der Waals surface area contributed by atoms with Gasteiger partial charge >= 0.3 is 5.97 Å². The van der Waals surface area contributed by atoms with Gasteiger partial charge < -0.3 is 9.47 Å². The Hall–Kier alpha value is -0.570. The number of rotatable bonds is 3. The predicted octanol–water partition coefficient (Wildman–Crippen LogP) is 0.832. The highest BCUT2D eigenvalue weighted by Crippen LogP contribution is 2.52. The average Bonchev–Trinajstić information content (AvgIpc) is 2.51. The standard InChI is InChI=1S/C9H14O3/c1-2-12-9(10)3-6-7-4-11-5-8(6)7/h6-8H,2-5H2,1H3. The summed E-state index contributed by atoms with van der Waals surface area (Å²) in [4.78, 5) is 11.1. The van der Waals surface area contributed by atoms with Gasteiger partial charge in [0.15, 0.2) is 0 Å². The number of fused-ring (bicyclic) bond motifs is 1. The number of carbonyl (C=O) groups is 1. The van der Waals surface area contributed by atoms with Gasteiger partial charge in [-0.3, -0.25) is 4.79 Å². The highest BCUT2D eigenvalue weighted by atomic mass is 16.5. The van der Waals surface area contributed by atoms with Crippen LogP contribution in [-0.2, 0) is 14.3 Å². The van der Waals surface area contributed by atoms with E-state index in [0.717, 1.165) is 13.2 Å². The second-order valence-corrected chi connectivity index (χ2v) is 3.54. The van der Waals surface area contributed by atoms with E-state index in [1.54, 1.807) is 0 Å². The maximum Gasteiger partial charge on any atom is 0.306 e. The molecule has 1 saturated carbocycles. The lowest BCUT2D eigenvalue weighted by Gasteiger charge is -2.03. The summed E-state index contributed by atoms with van der Waals surface area (Å²) < 4.78 is 10.1. The second-order valence-electron chi connectivity index (χ2n) is 3.54. The van der Waals surface area contributed by atoms with E-state index in [4.69, 9.17) is 9.47 Å². The van der Waals surface area contributed by atoms with Crippen molar-refractivity contribution in [3.63, 3.8) is 0 Å². The van der Waals surface area contributed by atoms with Gasteiger partial charge in [-0.25, -0.2) is 0 Å². The zero-order chi connectivity index (χ0) is 8.55. The molecule has 2 unspecified atom stereocenters. The fourth-order valence-electron chi connectivity index (χ4n) is 2.07. The second kappa shape index (κ2) is 3.05. The van der Waals surface area contributed by atoms with Gasteiger partial charge in [-0.05, 0) is 24.7 Å². The minimum absolute atomic E-state index is 0.0445. The summed E-state index contributed by atoms with van der Waals surface area (Å²) in [7, 11) is 0. The SMILES string of the molecule is CCOC(=O)CC1C2COCC21. The normalized spacial score (nSPS) is 37.6. The maximum absolute atomic E-state index is 11.1. The first-order chi connectivity index (χ1) is 5.83. The molecule has 0 aromatic rings. The van der Waals surface area contributed by atoms with Crippen molar-refractivity contribution in [2.75, 3.05) is 19.8 Å². The van der Waals surface area contributed by atoms with E-state index in [1.165, 1.54) is 0 Å². The molecule has 0 spiro atoms. The van der Waals surface area contributed by atoms with E-state index < -0.39 is 0 Å². The van der Waals surface area contributed by atoms with E-state index in [9.17, 15) is 4.79 Å². The van der Waals surface area contributed by atoms with Gasteiger partial charge in [0, 0.05) is 6.42 Å². The quantitative estimate of drug-likeness (QED) is 0.588. The molecule has 3 nitrogen and oxygen atoms in total. The Labute approximate surface area is 72.0 Å². The van der Waals surface area contributed by atoms with Crippen LogP contribution in [0, 0.1) is 17.8 Å². The molecule has 2 atom stereocenters. The highest BCUT2D eigenvalue weighted by Gasteiger charge is 2.54. The molecule has 1 aliphatic carbocycles. The van der Waals surface area contributed by atoms with Crippen molar-refractivity contribution in [2.24, 2.45) is 17.8 Å². The monoisotopic (exact) mass is 170 g/mol. The Morgan fingerprint density at radius 2 is 2.17 bits per heavy atom. The predicted molar refractivity (Wildman–Crippen MR) is 42.5 cm³/mol. The molecule has 1 aliphatic heterocycles. The van der Waals surface area contributed by atoms with Crippen molar-refractivity contribution in [3.8, 4) is 0 Å². The molecule has 0 aromatic carbocycles. The van der Waals surface area contributed by atoms with Gasteiger partial charge in [0.25, 0.3) is 0 Å². The summed E-state index contributed by atoms with van der Waals surface area (Å²) >= 11 is 0. The van der Waals surface area contributed by atoms with Crippen molar-refractivity contribution < 1.29 is 14.3 Å². The third-order valence-corrected chi connectivity index (χ3v) is 2.84. The molecule has 0 N–H and O–H groups in total. The molecule has 1 saturated heterocycles. The first kappa shape index (κ1) is 8.05. The van der Waals surface area contributed by atoms with Crippen molar-refractivity contribution in [1.82, 2.24) is 0 Å². The number of hydrogen-bond acceptors (Lipinski definition) is 3. The molecule has 12 heavy (non-hydrogen) atoms. The number of hydrogen-bond donors (Lipinski definition) is 0. The fraction of sp³-hybridized carbons (Fsp3) is 0.889. The van der Waals surface area contributed by atoms with Gasteiger partial charge in [-0.15, -0.1) is 0 Å². The molecular weight excluding hydrogens is 156 g/mol. The van der Waals surface area contributed by atoms with Crippen LogP contribution in [0.2, 0.25) is 0 Å².